The standard InChI is InChI=1S/C23H28N2O6S/c1-16-8-9-19(14-17(16)2)32(28,29)25-12-10-18(11-13-25)23(27)31-15-22(26)24-20-6-4-5-7-21(20)30-3/h4-9,14,18H,10-13,15H2,1-3H3,(H,24,26). The number of ether oxygens (including phenoxy) is 2. The van der Waals surface area contributed by atoms with Crippen LogP contribution in [-0.4, -0.2) is 51.4 Å². The number of piperidine rings is 1. The molecule has 1 N–H and O–H groups in total. The predicted molar refractivity (Wildman–Crippen MR) is 120 cm³/mol. The molecular formula is C23H28N2O6S. The monoisotopic (exact) mass is 460 g/mol. The van der Waals surface area contributed by atoms with E-state index in [1.165, 1.54) is 11.4 Å². The summed E-state index contributed by atoms with van der Waals surface area (Å²) >= 11 is 0. The van der Waals surface area contributed by atoms with Crippen molar-refractivity contribution in [2.24, 2.45) is 5.92 Å². The molecule has 0 spiro atoms. The van der Waals surface area contributed by atoms with E-state index in [2.05, 4.69) is 5.32 Å². The lowest BCUT2D eigenvalue weighted by Gasteiger charge is -2.30. The number of para-hydroxylation sites is 2. The average Bonchev–Trinajstić information content (AvgIpc) is 2.79. The van der Waals surface area contributed by atoms with Crippen LogP contribution in [0.4, 0.5) is 5.69 Å². The van der Waals surface area contributed by atoms with Gasteiger partial charge in [-0.25, -0.2) is 8.42 Å². The first kappa shape index (κ1) is 23.7. The molecule has 2 aromatic carbocycles. The Morgan fingerprint density at radius 2 is 1.75 bits per heavy atom. The predicted octanol–water partition coefficient (Wildman–Crippen LogP) is 2.89. The maximum atomic E-state index is 12.9. The van der Waals surface area contributed by atoms with Crippen molar-refractivity contribution in [1.82, 2.24) is 4.31 Å². The van der Waals surface area contributed by atoms with Gasteiger partial charge >= 0.3 is 5.97 Å². The van der Waals surface area contributed by atoms with Crippen LogP contribution in [0.25, 0.3) is 0 Å². The summed E-state index contributed by atoms with van der Waals surface area (Å²) in [5.41, 5.74) is 2.43. The van der Waals surface area contributed by atoms with E-state index in [1.54, 1.807) is 42.5 Å². The molecule has 1 aliphatic heterocycles. The SMILES string of the molecule is COc1ccccc1NC(=O)COC(=O)C1CCN(S(=O)(=O)c2ccc(C)c(C)c2)CC1. The Morgan fingerprint density at radius 1 is 1.06 bits per heavy atom. The molecule has 1 saturated heterocycles. The molecule has 1 aliphatic rings. The van der Waals surface area contributed by atoms with Crippen molar-refractivity contribution in [3.63, 3.8) is 0 Å². The second-order valence-electron chi connectivity index (χ2n) is 7.78. The summed E-state index contributed by atoms with van der Waals surface area (Å²) in [6, 6.07) is 12.0. The van der Waals surface area contributed by atoms with Crippen LogP contribution in [0.3, 0.4) is 0 Å². The van der Waals surface area contributed by atoms with Crippen molar-refractivity contribution >= 4 is 27.6 Å². The number of benzene rings is 2. The maximum Gasteiger partial charge on any atom is 0.309 e. The molecule has 1 amide bonds. The molecule has 0 bridgehead atoms. The molecule has 3 rings (SSSR count). The Morgan fingerprint density at radius 3 is 2.41 bits per heavy atom. The van der Waals surface area contributed by atoms with Gasteiger partial charge < -0.3 is 14.8 Å². The molecule has 172 valence electrons. The summed E-state index contributed by atoms with van der Waals surface area (Å²) in [5.74, 6) is -0.911. The molecule has 0 saturated carbocycles. The quantitative estimate of drug-likeness (QED) is 0.638. The molecule has 0 aliphatic carbocycles. The fraction of sp³-hybridized carbons (Fsp3) is 0.391. The van der Waals surface area contributed by atoms with E-state index in [1.807, 2.05) is 13.8 Å². The van der Waals surface area contributed by atoms with Crippen molar-refractivity contribution in [2.45, 2.75) is 31.6 Å². The minimum atomic E-state index is -3.61. The van der Waals surface area contributed by atoms with E-state index in [9.17, 15) is 18.0 Å². The van der Waals surface area contributed by atoms with Gasteiger partial charge in [-0.15, -0.1) is 0 Å². The average molecular weight is 461 g/mol. The highest BCUT2D eigenvalue weighted by atomic mass is 32.2. The maximum absolute atomic E-state index is 12.9. The van der Waals surface area contributed by atoms with Gasteiger partial charge in [-0.1, -0.05) is 18.2 Å². The topological polar surface area (TPSA) is 102 Å². The van der Waals surface area contributed by atoms with E-state index in [4.69, 9.17) is 9.47 Å². The van der Waals surface area contributed by atoms with Gasteiger partial charge in [0.15, 0.2) is 6.61 Å². The van der Waals surface area contributed by atoms with Crippen molar-refractivity contribution in [1.29, 1.82) is 0 Å². The smallest absolute Gasteiger partial charge is 0.309 e. The normalized spacial score (nSPS) is 15.2. The zero-order valence-corrected chi connectivity index (χ0v) is 19.3. The van der Waals surface area contributed by atoms with Crippen molar-refractivity contribution in [2.75, 3.05) is 32.1 Å². The van der Waals surface area contributed by atoms with Crippen molar-refractivity contribution in [3.8, 4) is 5.75 Å². The first-order valence-corrected chi connectivity index (χ1v) is 11.8. The zero-order chi connectivity index (χ0) is 23.3. The van der Waals surface area contributed by atoms with Crippen LogP contribution in [0.5, 0.6) is 5.75 Å². The van der Waals surface area contributed by atoms with Gasteiger partial charge in [-0.3, -0.25) is 9.59 Å². The lowest BCUT2D eigenvalue weighted by atomic mass is 9.98. The molecule has 1 heterocycles. The number of nitrogens with one attached hydrogen (secondary N) is 1. The van der Waals surface area contributed by atoms with Crippen LogP contribution < -0.4 is 10.1 Å². The minimum Gasteiger partial charge on any atom is -0.495 e. The minimum absolute atomic E-state index is 0.225. The number of rotatable bonds is 7. The highest BCUT2D eigenvalue weighted by Crippen LogP contribution is 2.26. The van der Waals surface area contributed by atoms with Crippen molar-refractivity contribution in [3.05, 3.63) is 53.6 Å². The summed E-state index contributed by atoms with van der Waals surface area (Å²) in [6.45, 7) is 3.84. The first-order chi connectivity index (χ1) is 15.2. The lowest BCUT2D eigenvalue weighted by Crippen LogP contribution is -2.41. The summed E-state index contributed by atoms with van der Waals surface area (Å²) in [4.78, 5) is 24.8. The third kappa shape index (κ3) is 5.46. The number of nitrogens with zero attached hydrogens (tertiary/aromatic N) is 1. The van der Waals surface area contributed by atoms with Crippen molar-refractivity contribution < 1.29 is 27.5 Å². The fourth-order valence-corrected chi connectivity index (χ4v) is 5.10. The molecule has 2 aromatic rings. The number of esters is 1. The second kappa shape index (κ2) is 10.1. The molecular weight excluding hydrogens is 432 g/mol. The van der Waals surface area contributed by atoms with Gasteiger partial charge in [0, 0.05) is 13.1 Å². The third-order valence-electron chi connectivity index (χ3n) is 5.63. The lowest BCUT2D eigenvalue weighted by molar-refractivity contribution is -0.152. The summed E-state index contributed by atoms with van der Waals surface area (Å²) < 4.78 is 37.6. The highest BCUT2D eigenvalue weighted by Gasteiger charge is 2.33. The molecule has 0 unspecified atom stereocenters. The number of carbonyl (C=O) groups is 2. The van der Waals surface area contributed by atoms with Crippen LogP contribution in [0.15, 0.2) is 47.4 Å². The van der Waals surface area contributed by atoms with Crippen LogP contribution in [-0.2, 0) is 24.3 Å². The number of carbonyl (C=O) groups excluding carboxylic acids is 2. The molecule has 8 nitrogen and oxygen atoms in total. The van der Waals surface area contributed by atoms with E-state index < -0.39 is 34.4 Å². The van der Waals surface area contributed by atoms with E-state index in [0.29, 0.717) is 24.3 Å². The largest absolute Gasteiger partial charge is 0.495 e. The van der Waals surface area contributed by atoms with Gasteiger partial charge in [0.1, 0.15) is 5.75 Å². The molecule has 0 aromatic heterocycles. The number of sulfonamides is 1. The molecule has 9 heteroatoms. The van der Waals surface area contributed by atoms with Gasteiger partial charge in [-0.05, 0) is 62.1 Å². The Hall–Kier alpha value is -2.91. The number of hydrogen-bond acceptors (Lipinski definition) is 6. The Labute approximate surface area is 188 Å². The van der Waals surface area contributed by atoms with E-state index in [0.717, 1.165) is 11.1 Å². The van der Waals surface area contributed by atoms with Gasteiger partial charge in [0.2, 0.25) is 10.0 Å². The van der Waals surface area contributed by atoms with E-state index >= 15 is 0 Å². The molecule has 32 heavy (non-hydrogen) atoms. The first-order valence-electron chi connectivity index (χ1n) is 10.4. The zero-order valence-electron chi connectivity index (χ0n) is 18.5. The van der Waals surface area contributed by atoms with E-state index in [-0.39, 0.29) is 18.0 Å². The summed E-state index contributed by atoms with van der Waals surface area (Å²) in [5, 5.41) is 2.64. The molecule has 1 fully saturated rings. The van der Waals surface area contributed by atoms with Crippen LogP contribution >= 0.6 is 0 Å². The summed E-state index contributed by atoms with van der Waals surface area (Å²) in [7, 11) is -2.11. The van der Waals surface area contributed by atoms with Gasteiger partial charge in [0.05, 0.1) is 23.6 Å². The van der Waals surface area contributed by atoms with Gasteiger partial charge in [-0.2, -0.15) is 4.31 Å². The Balaban J connectivity index is 1.51. The number of amides is 1. The summed E-state index contributed by atoms with van der Waals surface area (Å²) in [6.07, 6.45) is 0.689. The third-order valence-corrected chi connectivity index (χ3v) is 7.52. The molecule has 0 atom stereocenters. The number of methoxy groups -OCH3 is 1. The number of anilines is 1. The second-order valence-corrected chi connectivity index (χ2v) is 9.72. The highest BCUT2D eigenvalue weighted by molar-refractivity contribution is 7.89. The molecule has 0 radical (unpaired) electrons. The fourth-order valence-electron chi connectivity index (χ4n) is 3.54. The Kier molecular flexibility index (Phi) is 7.52. The van der Waals surface area contributed by atoms with Gasteiger partial charge in [0.25, 0.3) is 5.91 Å². The Bertz CT molecular complexity index is 1090. The number of aryl methyl sites for hydroxylation is 2. The van der Waals surface area contributed by atoms with Crippen LogP contribution in [0.1, 0.15) is 24.0 Å². The van der Waals surface area contributed by atoms with Crippen LogP contribution in [0, 0.1) is 19.8 Å². The number of hydrogen-bond donors (Lipinski definition) is 1. The van der Waals surface area contributed by atoms with Crippen LogP contribution in [0.2, 0.25) is 0 Å².